The van der Waals surface area contributed by atoms with Gasteiger partial charge in [0.1, 0.15) is 12.6 Å². The van der Waals surface area contributed by atoms with E-state index in [1.165, 1.54) is 16.7 Å². The third-order valence-electron chi connectivity index (χ3n) is 4.09. The summed E-state index contributed by atoms with van der Waals surface area (Å²) in [4.78, 5) is 20.8. The summed E-state index contributed by atoms with van der Waals surface area (Å²) in [5.41, 5.74) is 0. The molecule has 0 aromatic carbocycles. The van der Waals surface area contributed by atoms with Crippen molar-refractivity contribution < 1.29 is 22.7 Å². The molecule has 0 aliphatic carbocycles. The molecule has 0 aromatic rings. The summed E-state index contributed by atoms with van der Waals surface area (Å²) in [7, 11) is 4.87. The van der Waals surface area contributed by atoms with Crippen molar-refractivity contribution >= 4 is 11.9 Å². The number of carbonyl (C=O) groups is 1. The van der Waals surface area contributed by atoms with Crippen molar-refractivity contribution in [3.05, 3.63) is 0 Å². The Kier molecular flexibility index (Phi) is 8.43. The second-order valence-electron chi connectivity index (χ2n) is 6.09. The number of alkyl halides is 3. The number of likely N-dealkylation sites (N-methyl/N-ethyl adjacent to an activating group) is 1. The van der Waals surface area contributed by atoms with Gasteiger partial charge in [-0.15, -0.1) is 0 Å². The fourth-order valence-corrected chi connectivity index (χ4v) is 2.34. The SMILES string of the molecule is COCCNC(=NCC(=O)N(C)C)N1CCN(C(C)C(F)(F)F)CC1. The van der Waals surface area contributed by atoms with Crippen LogP contribution in [-0.4, -0.2) is 106 Å². The molecule has 1 aliphatic heterocycles. The van der Waals surface area contributed by atoms with Crippen LogP contribution in [0.4, 0.5) is 13.2 Å². The highest BCUT2D eigenvalue weighted by Crippen LogP contribution is 2.25. The highest BCUT2D eigenvalue weighted by Gasteiger charge is 2.41. The highest BCUT2D eigenvalue weighted by atomic mass is 19.4. The normalized spacial score (nSPS) is 18.2. The second-order valence-corrected chi connectivity index (χ2v) is 6.09. The smallest absolute Gasteiger partial charge is 0.383 e. The van der Waals surface area contributed by atoms with E-state index in [0.717, 1.165) is 0 Å². The Bertz CT molecular complexity index is 449. The molecule has 1 unspecified atom stereocenters. The highest BCUT2D eigenvalue weighted by molar-refractivity contribution is 5.84. The van der Waals surface area contributed by atoms with Crippen LogP contribution in [0.5, 0.6) is 0 Å². The molecule has 10 heteroatoms. The average molecular weight is 367 g/mol. The Morgan fingerprint density at radius 3 is 2.36 bits per heavy atom. The summed E-state index contributed by atoms with van der Waals surface area (Å²) in [6, 6.07) is -1.47. The number of halogens is 3. The van der Waals surface area contributed by atoms with Crippen LogP contribution in [-0.2, 0) is 9.53 Å². The van der Waals surface area contributed by atoms with Gasteiger partial charge in [0.05, 0.1) is 6.61 Å². The Labute approximate surface area is 146 Å². The Morgan fingerprint density at radius 2 is 1.88 bits per heavy atom. The lowest BCUT2D eigenvalue weighted by Gasteiger charge is -2.39. The molecule has 1 N–H and O–H groups in total. The van der Waals surface area contributed by atoms with E-state index in [-0.39, 0.29) is 25.5 Å². The van der Waals surface area contributed by atoms with Gasteiger partial charge in [0, 0.05) is 53.9 Å². The number of hydrogen-bond donors (Lipinski definition) is 1. The monoisotopic (exact) mass is 367 g/mol. The van der Waals surface area contributed by atoms with Gasteiger partial charge in [0.15, 0.2) is 5.96 Å². The number of methoxy groups -OCH3 is 1. The molecule has 0 saturated carbocycles. The van der Waals surface area contributed by atoms with Crippen molar-refractivity contribution in [1.82, 2.24) is 20.0 Å². The quantitative estimate of drug-likeness (QED) is 0.414. The molecule has 1 amide bonds. The molecule has 0 aromatic heterocycles. The average Bonchev–Trinajstić information content (AvgIpc) is 2.56. The molecule has 7 nitrogen and oxygen atoms in total. The third kappa shape index (κ3) is 7.07. The molecule has 1 rings (SSSR count). The van der Waals surface area contributed by atoms with Gasteiger partial charge in [-0.1, -0.05) is 0 Å². The van der Waals surface area contributed by atoms with Crippen LogP contribution in [0.1, 0.15) is 6.92 Å². The van der Waals surface area contributed by atoms with Crippen LogP contribution in [0.2, 0.25) is 0 Å². The van der Waals surface area contributed by atoms with Gasteiger partial charge in [-0.3, -0.25) is 9.69 Å². The van der Waals surface area contributed by atoms with Crippen LogP contribution in [0.15, 0.2) is 4.99 Å². The minimum atomic E-state index is -4.23. The van der Waals surface area contributed by atoms with Crippen LogP contribution < -0.4 is 5.32 Å². The van der Waals surface area contributed by atoms with Crippen molar-refractivity contribution in [1.29, 1.82) is 0 Å². The van der Waals surface area contributed by atoms with Crippen LogP contribution in [0, 0.1) is 0 Å². The molecule has 1 atom stereocenters. The first-order chi connectivity index (χ1) is 11.7. The lowest BCUT2D eigenvalue weighted by molar-refractivity contribution is -0.181. The number of nitrogens with one attached hydrogen (secondary N) is 1. The maximum absolute atomic E-state index is 12.8. The number of guanidine groups is 1. The standard InChI is InChI=1S/C15H28F3N5O2/c1-12(15(16,17)18)22-6-8-23(9-7-22)14(19-5-10-25-4)20-11-13(24)21(2)3/h12H,5-11H2,1-4H3,(H,19,20). The maximum atomic E-state index is 12.8. The van der Waals surface area contributed by atoms with Crippen LogP contribution in [0.25, 0.3) is 0 Å². The molecule has 0 radical (unpaired) electrons. The second kappa shape index (κ2) is 9.81. The molecular weight excluding hydrogens is 339 g/mol. The van der Waals surface area contributed by atoms with E-state index in [0.29, 0.717) is 32.2 Å². The number of hydrogen-bond acceptors (Lipinski definition) is 4. The summed E-state index contributed by atoms with van der Waals surface area (Å²) >= 11 is 0. The fourth-order valence-electron chi connectivity index (χ4n) is 2.34. The van der Waals surface area contributed by atoms with E-state index in [1.54, 1.807) is 21.2 Å². The molecule has 0 bridgehead atoms. The number of rotatable bonds is 6. The molecule has 0 spiro atoms. The maximum Gasteiger partial charge on any atom is 0.403 e. The van der Waals surface area contributed by atoms with Gasteiger partial charge in [-0.05, 0) is 6.92 Å². The summed E-state index contributed by atoms with van der Waals surface area (Å²) < 4.78 is 43.5. The lowest BCUT2D eigenvalue weighted by atomic mass is 10.2. The van der Waals surface area contributed by atoms with Crippen molar-refractivity contribution in [3.8, 4) is 0 Å². The first-order valence-electron chi connectivity index (χ1n) is 8.20. The molecule has 146 valence electrons. The Morgan fingerprint density at radius 1 is 1.28 bits per heavy atom. The Hall–Kier alpha value is -1.55. The lowest BCUT2D eigenvalue weighted by Crippen LogP contribution is -2.57. The van der Waals surface area contributed by atoms with Crippen molar-refractivity contribution in [2.45, 2.75) is 19.1 Å². The molecule has 1 fully saturated rings. The van der Waals surface area contributed by atoms with Gasteiger partial charge in [-0.2, -0.15) is 13.2 Å². The zero-order valence-corrected chi connectivity index (χ0v) is 15.3. The molecule has 1 heterocycles. The number of aliphatic imine (C=N–C) groups is 1. The minimum Gasteiger partial charge on any atom is -0.383 e. The third-order valence-corrected chi connectivity index (χ3v) is 4.09. The number of ether oxygens (including phenoxy) is 1. The van der Waals surface area contributed by atoms with Gasteiger partial charge in [0.25, 0.3) is 0 Å². The summed E-state index contributed by atoms with van der Waals surface area (Å²) in [5.74, 6) is 0.377. The molecule has 25 heavy (non-hydrogen) atoms. The van der Waals surface area contributed by atoms with E-state index in [9.17, 15) is 18.0 Å². The summed E-state index contributed by atoms with van der Waals surface area (Å²) in [6.07, 6.45) is -4.23. The van der Waals surface area contributed by atoms with Crippen LogP contribution >= 0.6 is 0 Å². The summed E-state index contributed by atoms with van der Waals surface area (Å²) in [5, 5.41) is 3.10. The van der Waals surface area contributed by atoms with E-state index < -0.39 is 12.2 Å². The van der Waals surface area contributed by atoms with Crippen LogP contribution in [0.3, 0.4) is 0 Å². The van der Waals surface area contributed by atoms with E-state index in [1.807, 2.05) is 4.90 Å². The zero-order chi connectivity index (χ0) is 19.0. The topological polar surface area (TPSA) is 60.4 Å². The van der Waals surface area contributed by atoms with E-state index in [2.05, 4.69) is 10.3 Å². The fraction of sp³-hybridized carbons (Fsp3) is 0.867. The molecule has 1 saturated heterocycles. The first kappa shape index (κ1) is 21.5. The van der Waals surface area contributed by atoms with Crippen molar-refractivity contribution in [2.24, 2.45) is 4.99 Å². The number of piperazine rings is 1. The first-order valence-corrected chi connectivity index (χ1v) is 8.20. The van der Waals surface area contributed by atoms with E-state index >= 15 is 0 Å². The van der Waals surface area contributed by atoms with Crippen molar-refractivity contribution in [3.63, 3.8) is 0 Å². The summed E-state index contributed by atoms with van der Waals surface area (Å²) in [6.45, 7) is 3.53. The largest absolute Gasteiger partial charge is 0.403 e. The number of amides is 1. The molecule has 1 aliphatic rings. The minimum absolute atomic E-state index is 0.0124. The van der Waals surface area contributed by atoms with Crippen molar-refractivity contribution in [2.75, 3.05) is 67.1 Å². The van der Waals surface area contributed by atoms with Gasteiger partial charge in [0.2, 0.25) is 5.91 Å². The predicted molar refractivity (Wildman–Crippen MR) is 89.5 cm³/mol. The zero-order valence-electron chi connectivity index (χ0n) is 15.3. The predicted octanol–water partition coefficient (Wildman–Crippen LogP) is 0.235. The van der Waals surface area contributed by atoms with E-state index in [4.69, 9.17) is 4.74 Å². The van der Waals surface area contributed by atoms with Gasteiger partial charge >= 0.3 is 6.18 Å². The van der Waals surface area contributed by atoms with Gasteiger partial charge in [-0.25, -0.2) is 4.99 Å². The van der Waals surface area contributed by atoms with Gasteiger partial charge < -0.3 is 19.9 Å². The molecular formula is C15H28F3N5O2. The number of nitrogens with zero attached hydrogens (tertiary/aromatic N) is 4. The Balaban J connectivity index is 2.67. The number of carbonyl (C=O) groups excluding carboxylic acids is 1.